The SMILES string of the molecule is C=CCOC(=O)c1ccc(NC(=O)c2ccc(NC(=O)c3ccc(NC(=O)[C@H](CC(N)=O)NC(=O)c4ccc(NC(=O)c5ccc(C6(C(F)(F)F)NN6)cc5)cc4)cc3)c(OC(C)C)c2OCC=C)cc1. The van der Waals surface area contributed by atoms with Crippen molar-refractivity contribution in [3.8, 4) is 11.5 Å². The van der Waals surface area contributed by atoms with Gasteiger partial charge in [0, 0.05) is 33.8 Å². The van der Waals surface area contributed by atoms with Gasteiger partial charge in [-0.1, -0.05) is 37.4 Å². The van der Waals surface area contributed by atoms with Crippen molar-refractivity contribution in [2.24, 2.45) is 5.73 Å². The number of anilines is 4. The first kappa shape index (κ1) is 51.6. The molecule has 0 aliphatic carbocycles. The predicted octanol–water partition coefficient (Wildman–Crippen LogP) is 6.57. The molecule has 0 bridgehead atoms. The molecule has 0 aromatic heterocycles. The third kappa shape index (κ3) is 13.0. The summed E-state index contributed by atoms with van der Waals surface area (Å²) in [7, 11) is 0. The first-order valence-electron chi connectivity index (χ1n) is 21.5. The van der Waals surface area contributed by atoms with Crippen molar-refractivity contribution < 1.29 is 60.9 Å². The van der Waals surface area contributed by atoms with Crippen molar-refractivity contribution in [2.45, 2.75) is 44.3 Å². The maximum atomic E-state index is 13.6. The van der Waals surface area contributed by atoms with Crippen molar-refractivity contribution in [1.29, 1.82) is 0 Å². The summed E-state index contributed by atoms with van der Waals surface area (Å²) >= 11 is 0. The van der Waals surface area contributed by atoms with Crippen LogP contribution in [0.2, 0.25) is 0 Å². The highest BCUT2D eigenvalue weighted by Gasteiger charge is 2.65. The van der Waals surface area contributed by atoms with Gasteiger partial charge in [-0.3, -0.25) is 28.8 Å². The summed E-state index contributed by atoms with van der Waals surface area (Å²) in [6.45, 7) is 10.7. The Morgan fingerprint density at radius 3 is 1.63 bits per heavy atom. The van der Waals surface area contributed by atoms with Crippen molar-refractivity contribution in [2.75, 3.05) is 34.5 Å². The summed E-state index contributed by atoms with van der Waals surface area (Å²) < 4.78 is 57.3. The lowest BCUT2D eigenvalue weighted by Gasteiger charge is -2.21. The lowest BCUT2D eigenvalue weighted by Crippen LogP contribution is -2.46. The van der Waals surface area contributed by atoms with Crippen LogP contribution in [-0.4, -0.2) is 72.9 Å². The van der Waals surface area contributed by atoms with Crippen LogP contribution in [-0.2, 0) is 20.0 Å². The molecule has 0 saturated carbocycles. The standard InChI is InChI=1S/C50H47F3N8O10/c1-5-25-69-41-37(46(66)56-35-21-13-32(14-22-35)48(68)70-26-6-2)23-24-38(42(41)71-28(3)4)58-44(64)30-11-19-36(20-12-30)57-47(67)39(27-40(54)62)59-45(65)31-9-17-34(18-10-31)55-43(63)29-7-15-33(16-8-29)49(60-61-49)50(51,52)53/h5-24,28,39,60-61H,1-2,25-27H2,3-4H3,(H2,54,62)(H,55,63)(H,56,66)(H,57,67)(H,58,64)(H,59,65)/t39-/m0/s1. The zero-order valence-electron chi connectivity index (χ0n) is 38.0. The summed E-state index contributed by atoms with van der Waals surface area (Å²) in [5, 5.41) is 13.2. The number of benzene rings is 5. The number of hydrogen-bond donors (Lipinski definition) is 8. The number of halogens is 3. The molecular formula is C50H47F3N8O10. The molecule has 1 heterocycles. The van der Waals surface area contributed by atoms with Gasteiger partial charge < -0.3 is 46.5 Å². The summed E-state index contributed by atoms with van der Waals surface area (Å²) in [6.07, 6.45) is -2.73. The van der Waals surface area contributed by atoms with Gasteiger partial charge >= 0.3 is 12.1 Å². The van der Waals surface area contributed by atoms with Gasteiger partial charge in [0.1, 0.15) is 19.3 Å². The summed E-state index contributed by atoms with van der Waals surface area (Å²) in [5.41, 5.74) is 8.59. The minimum atomic E-state index is -4.61. The maximum absolute atomic E-state index is 13.6. The lowest BCUT2D eigenvalue weighted by atomic mass is 10.0. The number of hydrogen-bond acceptors (Lipinski definition) is 12. The Balaban J connectivity index is 1.08. The molecule has 1 saturated heterocycles. The van der Waals surface area contributed by atoms with Gasteiger partial charge in [0.2, 0.25) is 17.5 Å². The molecule has 71 heavy (non-hydrogen) atoms. The van der Waals surface area contributed by atoms with E-state index in [-0.39, 0.29) is 75.2 Å². The molecule has 0 unspecified atom stereocenters. The normalized spacial score (nSPS) is 12.8. The van der Waals surface area contributed by atoms with Crippen LogP contribution in [0.15, 0.2) is 135 Å². The molecule has 6 amide bonds. The fourth-order valence-electron chi connectivity index (χ4n) is 6.66. The largest absolute Gasteiger partial charge is 0.485 e. The zero-order valence-corrected chi connectivity index (χ0v) is 38.0. The average Bonchev–Trinajstić information content (AvgIpc) is 4.17. The summed E-state index contributed by atoms with van der Waals surface area (Å²) in [5.74, 6) is -4.81. The highest BCUT2D eigenvalue weighted by molar-refractivity contribution is 6.10. The molecule has 1 aliphatic rings. The molecule has 1 aliphatic heterocycles. The lowest BCUT2D eigenvalue weighted by molar-refractivity contribution is -0.165. The Morgan fingerprint density at radius 2 is 1.13 bits per heavy atom. The first-order valence-corrected chi connectivity index (χ1v) is 21.5. The maximum Gasteiger partial charge on any atom is 0.426 e. The molecule has 5 aromatic rings. The van der Waals surface area contributed by atoms with Crippen LogP contribution in [0.4, 0.5) is 35.9 Å². The van der Waals surface area contributed by atoms with Gasteiger partial charge in [0.05, 0.1) is 29.3 Å². The van der Waals surface area contributed by atoms with E-state index in [1.165, 1.54) is 121 Å². The van der Waals surface area contributed by atoms with Crippen LogP contribution in [0.5, 0.6) is 11.5 Å². The van der Waals surface area contributed by atoms with Crippen molar-refractivity contribution in [3.05, 3.63) is 168 Å². The van der Waals surface area contributed by atoms with Gasteiger partial charge in [-0.15, -0.1) is 0 Å². The number of esters is 1. The minimum Gasteiger partial charge on any atom is -0.485 e. The summed E-state index contributed by atoms with van der Waals surface area (Å²) in [4.78, 5) is 90.8. The second kappa shape index (κ2) is 22.5. The minimum absolute atomic E-state index is 0.00902. The van der Waals surface area contributed by atoms with Gasteiger partial charge in [-0.05, 0) is 116 Å². The number of amides is 6. The Kier molecular flexibility index (Phi) is 16.4. The number of carbonyl (C=O) groups is 7. The van der Waals surface area contributed by atoms with E-state index in [9.17, 15) is 46.7 Å². The Morgan fingerprint density at radius 1 is 0.634 bits per heavy atom. The third-order valence-corrected chi connectivity index (χ3v) is 10.2. The van der Waals surface area contributed by atoms with E-state index >= 15 is 0 Å². The van der Waals surface area contributed by atoms with E-state index in [0.29, 0.717) is 5.69 Å². The number of alkyl halides is 3. The van der Waals surface area contributed by atoms with Gasteiger partial charge in [0.15, 0.2) is 11.5 Å². The number of rotatable bonds is 21. The average molecular weight is 977 g/mol. The zero-order chi connectivity index (χ0) is 51.5. The van der Waals surface area contributed by atoms with E-state index < -0.39 is 71.8 Å². The van der Waals surface area contributed by atoms with Gasteiger partial charge in [0.25, 0.3) is 23.6 Å². The topological polar surface area (TPSA) is 277 Å². The van der Waals surface area contributed by atoms with E-state index in [1.807, 2.05) is 0 Å². The molecule has 6 rings (SSSR count). The highest BCUT2D eigenvalue weighted by Crippen LogP contribution is 2.42. The van der Waals surface area contributed by atoms with Gasteiger partial charge in [-0.25, -0.2) is 15.6 Å². The second-order valence-corrected chi connectivity index (χ2v) is 15.8. The molecule has 1 fully saturated rings. The third-order valence-electron chi connectivity index (χ3n) is 10.2. The molecule has 0 radical (unpaired) electrons. The Bertz CT molecular complexity index is 2830. The fraction of sp³-hybridized carbons (Fsp3) is 0.180. The van der Waals surface area contributed by atoms with Crippen LogP contribution in [0.25, 0.3) is 0 Å². The molecule has 1 atom stereocenters. The second-order valence-electron chi connectivity index (χ2n) is 15.8. The Labute approximate surface area is 404 Å². The van der Waals surface area contributed by atoms with E-state index in [4.69, 9.17) is 19.9 Å². The molecule has 5 aromatic carbocycles. The molecule has 18 nitrogen and oxygen atoms in total. The number of ether oxygens (including phenoxy) is 3. The van der Waals surface area contributed by atoms with Crippen LogP contribution in [0, 0.1) is 0 Å². The number of hydrazine groups is 1. The van der Waals surface area contributed by atoms with Crippen molar-refractivity contribution in [1.82, 2.24) is 16.2 Å². The van der Waals surface area contributed by atoms with Crippen LogP contribution in [0.1, 0.15) is 77.6 Å². The monoisotopic (exact) mass is 976 g/mol. The highest BCUT2D eigenvalue weighted by atomic mass is 19.4. The number of primary amides is 1. The molecular weight excluding hydrogens is 930 g/mol. The molecule has 368 valence electrons. The van der Waals surface area contributed by atoms with Crippen molar-refractivity contribution in [3.63, 3.8) is 0 Å². The number of carbonyl (C=O) groups excluding carboxylic acids is 7. The van der Waals surface area contributed by atoms with E-state index in [2.05, 4.69) is 50.6 Å². The number of nitrogens with two attached hydrogens (primary N) is 1. The Hall–Kier alpha value is -8.82. The number of nitrogens with one attached hydrogen (secondary N) is 7. The van der Waals surface area contributed by atoms with Crippen LogP contribution < -0.4 is 52.6 Å². The van der Waals surface area contributed by atoms with E-state index in [0.717, 1.165) is 0 Å². The smallest absolute Gasteiger partial charge is 0.426 e. The quantitative estimate of drug-likeness (QED) is 0.0220. The van der Waals surface area contributed by atoms with Crippen LogP contribution in [0.3, 0.4) is 0 Å². The summed E-state index contributed by atoms with van der Waals surface area (Å²) in [6, 6.07) is 23.4. The first-order chi connectivity index (χ1) is 33.8. The molecule has 21 heteroatoms. The van der Waals surface area contributed by atoms with Crippen molar-refractivity contribution >= 4 is 64.2 Å². The van der Waals surface area contributed by atoms with Gasteiger partial charge in [-0.2, -0.15) is 13.2 Å². The molecule has 9 N–H and O–H groups in total. The molecule has 0 spiro atoms. The van der Waals surface area contributed by atoms with E-state index in [1.54, 1.807) is 13.8 Å². The predicted molar refractivity (Wildman–Crippen MR) is 256 cm³/mol. The fourth-order valence-corrected chi connectivity index (χ4v) is 6.66. The van der Waals surface area contributed by atoms with Crippen LogP contribution >= 0.6 is 0 Å².